The van der Waals surface area contributed by atoms with E-state index in [1.54, 1.807) is 20.8 Å². The molecule has 0 spiro atoms. The van der Waals surface area contributed by atoms with Crippen molar-refractivity contribution < 1.29 is 14.3 Å². The molecule has 0 radical (unpaired) electrons. The van der Waals surface area contributed by atoms with E-state index in [9.17, 15) is 9.59 Å². The number of nitrogens with two attached hydrogens (primary N) is 2. The Labute approximate surface area is 103 Å². The van der Waals surface area contributed by atoms with E-state index in [0.29, 0.717) is 4.88 Å². The number of nitrogens with zero attached hydrogens (tertiary/aromatic N) is 1. The molecule has 0 aromatic carbocycles. The first-order valence-electron chi connectivity index (χ1n) is 4.97. The van der Waals surface area contributed by atoms with Crippen molar-refractivity contribution in [2.45, 2.75) is 32.9 Å². The second kappa shape index (κ2) is 4.80. The van der Waals surface area contributed by atoms with Crippen LogP contribution in [0.2, 0.25) is 0 Å². The molecule has 94 valence electrons. The van der Waals surface area contributed by atoms with Gasteiger partial charge in [-0.05, 0) is 20.8 Å². The summed E-state index contributed by atoms with van der Waals surface area (Å²) >= 11 is 1.01. The second-order valence-corrected chi connectivity index (χ2v) is 5.44. The SMILES string of the molecule is CC(C)(C)OC(=O)c1nc(C(N)=O)sc1CN. The van der Waals surface area contributed by atoms with Crippen LogP contribution in [-0.4, -0.2) is 22.5 Å². The summed E-state index contributed by atoms with van der Waals surface area (Å²) < 4.78 is 5.16. The number of hydrogen-bond acceptors (Lipinski definition) is 6. The number of primary amides is 1. The third-order valence-corrected chi connectivity index (χ3v) is 2.78. The summed E-state index contributed by atoms with van der Waals surface area (Å²) in [4.78, 5) is 27.1. The first-order chi connectivity index (χ1) is 7.74. The Morgan fingerprint density at radius 1 is 1.41 bits per heavy atom. The maximum atomic E-state index is 11.8. The van der Waals surface area contributed by atoms with Crippen LogP contribution in [0.15, 0.2) is 0 Å². The Hall–Kier alpha value is -1.47. The van der Waals surface area contributed by atoms with E-state index in [2.05, 4.69) is 4.98 Å². The molecule has 0 fully saturated rings. The molecule has 0 unspecified atom stereocenters. The summed E-state index contributed by atoms with van der Waals surface area (Å²) in [6.45, 7) is 5.34. The fourth-order valence-corrected chi connectivity index (χ4v) is 1.86. The highest BCUT2D eigenvalue weighted by atomic mass is 32.1. The first kappa shape index (κ1) is 13.6. The molecule has 1 aromatic rings. The minimum absolute atomic E-state index is 0.0614. The molecule has 0 atom stereocenters. The van der Waals surface area contributed by atoms with Gasteiger partial charge in [-0.2, -0.15) is 0 Å². The highest BCUT2D eigenvalue weighted by molar-refractivity contribution is 7.13. The van der Waals surface area contributed by atoms with Crippen LogP contribution in [0, 0.1) is 0 Å². The largest absolute Gasteiger partial charge is 0.455 e. The fourth-order valence-electron chi connectivity index (χ4n) is 1.08. The quantitative estimate of drug-likeness (QED) is 0.773. The van der Waals surface area contributed by atoms with Gasteiger partial charge in [-0.15, -0.1) is 11.3 Å². The Morgan fingerprint density at radius 2 is 2.00 bits per heavy atom. The smallest absolute Gasteiger partial charge is 0.358 e. The molecule has 0 aliphatic rings. The van der Waals surface area contributed by atoms with Crippen LogP contribution in [0.4, 0.5) is 0 Å². The van der Waals surface area contributed by atoms with Gasteiger partial charge in [0.1, 0.15) is 5.60 Å². The van der Waals surface area contributed by atoms with Gasteiger partial charge in [0.15, 0.2) is 10.7 Å². The van der Waals surface area contributed by atoms with Gasteiger partial charge >= 0.3 is 5.97 Å². The molecule has 6 nitrogen and oxygen atoms in total. The number of esters is 1. The third-order valence-electron chi connectivity index (χ3n) is 1.69. The molecule has 0 aliphatic carbocycles. The van der Waals surface area contributed by atoms with E-state index >= 15 is 0 Å². The summed E-state index contributed by atoms with van der Waals surface area (Å²) in [5, 5.41) is 0.0614. The molecule has 1 amide bonds. The predicted molar refractivity (Wildman–Crippen MR) is 63.7 cm³/mol. The predicted octanol–water partition coefficient (Wildman–Crippen LogP) is 0.656. The Kier molecular flexibility index (Phi) is 3.84. The average Bonchev–Trinajstić information content (AvgIpc) is 2.58. The maximum absolute atomic E-state index is 11.8. The molecule has 17 heavy (non-hydrogen) atoms. The average molecular weight is 257 g/mol. The molecule has 7 heteroatoms. The van der Waals surface area contributed by atoms with Gasteiger partial charge in [0, 0.05) is 6.54 Å². The van der Waals surface area contributed by atoms with Gasteiger partial charge in [0.25, 0.3) is 5.91 Å². The van der Waals surface area contributed by atoms with Crippen molar-refractivity contribution in [2.75, 3.05) is 0 Å². The summed E-state index contributed by atoms with van der Waals surface area (Å²) in [7, 11) is 0. The van der Waals surface area contributed by atoms with Crippen LogP contribution >= 0.6 is 11.3 Å². The number of hydrogen-bond donors (Lipinski definition) is 2. The number of amides is 1. The lowest BCUT2D eigenvalue weighted by Gasteiger charge is -2.18. The van der Waals surface area contributed by atoms with Crippen molar-refractivity contribution >= 4 is 23.2 Å². The molecule has 4 N–H and O–H groups in total. The lowest BCUT2D eigenvalue weighted by atomic mass is 10.2. The van der Waals surface area contributed by atoms with E-state index < -0.39 is 17.5 Å². The molecule has 1 aromatic heterocycles. The summed E-state index contributed by atoms with van der Waals surface area (Å²) in [5.41, 5.74) is 10.0. The third kappa shape index (κ3) is 3.50. The summed E-state index contributed by atoms with van der Waals surface area (Å²) in [5.74, 6) is -1.28. The van der Waals surface area contributed by atoms with E-state index in [1.165, 1.54) is 0 Å². The van der Waals surface area contributed by atoms with Gasteiger partial charge in [0.2, 0.25) is 0 Å². The van der Waals surface area contributed by atoms with Crippen LogP contribution in [0.5, 0.6) is 0 Å². The van der Waals surface area contributed by atoms with Gasteiger partial charge in [0.05, 0.1) is 4.88 Å². The van der Waals surface area contributed by atoms with Gasteiger partial charge < -0.3 is 16.2 Å². The molecule has 1 rings (SSSR count). The normalized spacial score (nSPS) is 11.3. The highest BCUT2D eigenvalue weighted by Crippen LogP contribution is 2.20. The molecule has 0 bridgehead atoms. The van der Waals surface area contributed by atoms with Crippen molar-refractivity contribution in [3.05, 3.63) is 15.6 Å². The lowest BCUT2D eigenvalue weighted by molar-refractivity contribution is 0.00625. The zero-order valence-electron chi connectivity index (χ0n) is 9.94. The molecule has 0 saturated heterocycles. The Morgan fingerprint density at radius 3 is 2.41 bits per heavy atom. The minimum Gasteiger partial charge on any atom is -0.455 e. The molecule has 1 heterocycles. The fraction of sp³-hybridized carbons (Fsp3) is 0.500. The number of carbonyl (C=O) groups excluding carboxylic acids is 2. The minimum atomic E-state index is -0.681. The van der Waals surface area contributed by atoms with Gasteiger partial charge in [-0.3, -0.25) is 4.79 Å². The van der Waals surface area contributed by atoms with Crippen molar-refractivity contribution in [1.82, 2.24) is 4.98 Å². The number of thiazole rings is 1. The lowest BCUT2D eigenvalue weighted by Crippen LogP contribution is -2.25. The standard InChI is InChI=1S/C10H15N3O3S/c1-10(2,3)16-9(15)6-5(4-11)17-8(13-6)7(12)14/h4,11H2,1-3H3,(H2,12,14). The van der Waals surface area contributed by atoms with Crippen LogP contribution in [0.1, 0.15) is 45.9 Å². The van der Waals surface area contributed by atoms with Crippen LogP contribution < -0.4 is 11.5 Å². The number of aromatic nitrogens is 1. The van der Waals surface area contributed by atoms with Crippen LogP contribution in [0.25, 0.3) is 0 Å². The van der Waals surface area contributed by atoms with Crippen LogP contribution in [-0.2, 0) is 11.3 Å². The summed E-state index contributed by atoms with van der Waals surface area (Å²) in [6, 6.07) is 0. The van der Waals surface area contributed by atoms with E-state index in [1.807, 2.05) is 0 Å². The highest BCUT2D eigenvalue weighted by Gasteiger charge is 2.24. The van der Waals surface area contributed by atoms with E-state index in [4.69, 9.17) is 16.2 Å². The van der Waals surface area contributed by atoms with E-state index in [-0.39, 0.29) is 17.2 Å². The number of ether oxygens (including phenoxy) is 1. The number of carbonyl (C=O) groups is 2. The van der Waals surface area contributed by atoms with Crippen LogP contribution in [0.3, 0.4) is 0 Å². The second-order valence-electron chi connectivity index (χ2n) is 4.36. The van der Waals surface area contributed by atoms with Crippen molar-refractivity contribution in [3.63, 3.8) is 0 Å². The molecular weight excluding hydrogens is 242 g/mol. The summed E-state index contributed by atoms with van der Waals surface area (Å²) in [6.07, 6.45) is 0. The molecule has 0 saturated carbocycles. The van der Waals surface area contributed by atoms with Crippen molar-refractivity contribution in [3.8, 4) is 0 Å². The van der Waals surface area contributed by atoms with Crippen molar-refractivity contribution in [2.24, 2.45) is 11.5 Å². The molecular formula is C10H15N3O3S. The van der Waals surface area contributed by atoms with Gasteiger partial charge in [-0.25, -0.2) is 9.78 Å². The van der Waals surface area contributed by atoms with E-state index in [0.717, 1.165) is 11.3 Å². The zero-order chi connectivity index (χ0) is 13.2. The topological polar surface area (TPSA) is 108 Å². The monoisotopic (exact) mass is 257 g/mol. The zero-order valence-corrected chi connectivity index (χ0v) is 10.8. The first-order valence-corrected chi connectivity index (χ1v) is 5.79. The maximum Gasteiger partial charge on any atom is 0.358 e. The number of rotatable bonds is 3. The molecule has 0 aliphatic heterocycles. The van der Waals surface area contributed by atoms with Gasteiger partial charge in [-0.1, -0.05) is 0 Å². The van der Waals surface area contributed by atoms with Crippen molar-refractivity contribution in [1.29, 1.82) is 0 Å². The Bertz CT molecular complexity index is 448. The Balaban J connectivity index is 3.04.